The van der Waals surface area contributed by atoms with Crippen LogP contribution in [-0.4, -0.2) is 16.5 Å². The van der Waals surface area contributed by atoms with Gasteiger partial charge in [-0.1, -0.05) is 36.4 Å². The van der Waals surface area contributed by atoms with Crippen LogP contribution in [0.4, 0.5) is 5.69 Å². The van der Waals surface area contributed by atoms with Gasteiger partial charge in [0.2, 0.25) is 5.91 Å². The Balaban J connectivity index is 1.76. The summed E-state index contributed by atoms with van der Waals surface area (Å²) in [7, 11) is 0. The molecule has 0 saturated carbocycles. The number of aryl methyl sites for hydroxylation is 1. The zero-order valence-corrected chi connectivity index (χ0v) is 14.4. The van der Waals surface area contributed by atoms with Gasteiger partial charge in [-0.3, -0.25) is 14.2 Å². The molecule has 2 aromatic carbocycles. The summed E-state index contributed by atoms with van der Waals surface area (Å²) in [6.07, 6.45) is 0.853. The van der Waals surface area contributed by atoms with E-state index in [0.717, 1.165) is 23.0 Å². The van der Waals surface area contributed by atoms with Gasteiger partial charge in [0.1, 0.15) is 6.54 Å². The summed E-state index contributed by atoms with van der Waals surface area (Å²) in [6.45, 7) is 3.90. The second kappa shape index (κ2) is 5.88. The molecule has 1 aromatic heterocycles. The Labute approximate surface area is 146 Å². The molecule has 1 aliphatic heterocycles. The van der Waals surface area contributed by atoms with E-state index in [-0.39, 0.29) is 24.1 Å². The van der Waals surface area contributed by atoms with E-state index in [1.54, 1.807) is 11.5 Å². The molecule has 126 valence electrons. The van der Waals surface area contributed by atoms with E-state index in [0.29, 0.717) is 5.56 Å². The number of carbonyl (C=O) groups is 1. The Morgan fingerprint density at radius 3 is 2.68 bits per heavy atom. The third-order valence-electron chi connectivity index (χ3n) is 4.95. The molecule has 1 amide bonds. The normalized spacial score (nSPS) is 16.2. The number of rotatable bonds is 2. The van der Waals surface area contributed by atoms with Gasteiger partial charge in [0.15, 0.2) is 0 Å². The molecule has 0 saturated heterocycles. The SMILES string of the molecule is Cc1cc2ccccc2n(CC(=O)N2c3ccccc3CC2C)c1=O. The predicted octanol–water partition coefficient (Wildman–Crippen LogP) is 3.29. The number of pyridine rings is 1. The van der Waals surface area contributed by atoms with Crippen LogP contribution in [-0.2, 0) is 17.8 Å². The third-order valence-corrected chi connectivity index (χ3v) is 4.95. The first-order valence-electron chi connectivity index (χ1n) is 8.55. The molecule has 4 nitrogen and oxygen atoms in total. The minimum atomic E-state index is -0.104. The average Bonchev–Trinajstić information content (AvgIpc) is 2.94. The first kappa shape index (κ1) is 15.6. The van der Waals surface area contributed by atoms with Crippen molar-refractivity contribution in [2.75, 3.05) is 4.90 Å². The second-order valence-corrected chi connectivity index (χ2v) is 6.72. The van der Waals surface area contributed by atoms with Crippen LogP contribution in [0.2, 0.25) is 0 Å². The predicted molar refractivity (Wildman–Crippen MR) is 100 cm³/mol. The van der Waals surface area contributed by atoms with E-state index in [4.69, 9.17) is 0 Å². The van der Waals surface area contributed by atoms with Crippen molar-refractivity contribution in [1.82, 2.24) is 4.57 Å². The van der Waals surface area contributed by atoms with Crippen LogP contribution in [0.3, 0.4) is 0 Å². The fourth-order valence-electron chi connectivity index (χ4n) is 3.79. The van der Waals surface area contributed by atoms with Crippen LogP contribution >= 0.6 is 0 Å². The number of amides is 1. The molecular formula is C21H20N2O2. The number of nitrogens with zero attached hydrogens (tertiary/aromatic N) is 2. The lowest BCUT2D eigenvalue weighted by molar-refractivity contribution is -0.119. The number of aromatic nitrogens is 1. The van der Waals surface area contributed by atoms with Crippen molar-refractivity contribution < 1.29 is 4.79 Å². The minimum Gasteiger partial charge on any atom is -0.307 e. The van der Waals surface area contributed by atoms with Gasteiger partial charge in [0, 0.05) is 17.3 Å². The number of carbonyl (C=O) groups excluding carboxylic acids is 1. The van der Waals surface area contributed by atoms with Crippen LogP contribution in [0, 0.1) is 6.92 Å². The molecular weight excluding hydrogens is 312 g/mol. The lowest BCUT2D eigenvalue weighted by Gasteiger charge is -2.23. The van der Waals surface area contributed by atoms with Crippen LogP contribution < -0.4 is 10.5 Å². The third kappa shape index (κ3) is 2.54. The molecule has 1 aliphatic rings. The number of benzene rings is 2. The summed E-state index contributed by atoms with van der Waals surface area (Å²) in [4.78, 5) is 27.5. The second-order valence-electron chi connectivity index (χ2n) is 6.72. The molecule has 0 radical (unpaired) electrons. The van der Waals surface area contributed by atoms with Crippen molar-refractivity contribution in [2.24, 2.45) is 0 Å². The highest BCUT2D eigenvalue weighted by molar-refractivity contribution is 5.96. The van der Waals surface area contributed by atoms with E-state index in [2.05, 4.69) is 13.0 Å². The highest BCUT2D eigenvalue weighted by Gasteiger charge is 2.30. The summed E-state index contributed by atoms with van der Waals surface area (Å²) >= 11 is 0. The topological polar surface area (TPSA) is 42.3 Å². The minimum absolute atomic E-state index is 0.0460. The average molecular weight is 332 g/mol. The molecule has 0 aliphatic carbocycles. The van der Waals surface area contributed by atoms with Gasteiger partial charge >= 0.3 is 0 Å². The number of para-hydroxylation sites is 2. The molecule has 0 N–H and O–H groups in total. The number of hydrogen-bond donors (Lipinski definition) is 0. The Kier molecular flexibility index (Phi) is 3.68. The van der Waals surface area contributed by atoms with Gasteiger partial charge in [-0.2, -0.15) is 0 Å². The van der Waals surface area contributed by atoms with Crippen molar-refractivity contribution in [3.8, 4) is 0 Å². The Hall–Kier alpha value is -2.88. The lowest BCUT2D eigenvalue weighted by Crippen LogP contribution is -2.40. The van der Waals surface area contributed by atoms with E-state index in [9.17, 15) is 9.59 Å². The lowest BCUT2D eigenvalue weighted by atomic mass is 10.1. The fraction of sp³-hybridized carbons (Fsp3) is 0.238. The molecule has 2 heterocycles. The highest BCUT2D eigenvalue weighted by Crippen LogP contribution is 2.32. The van der Waals surface area contributed by atoms with Crippen molar-refractivity contribution in [1.29, 1.82) is 0 Å². The van der Waals surface area contributed by atoms with Gasteiger partial charge in [-0.05, 0) is 49.4 Å². The van der Waals surface area contributed by atoms with Gasteiger partial charge in [0.25, 0.3) is 5.56 Å². The molecule has 0 bridgehead atoms. The van der Waals surface area contributed by atoms with E-state index in [1.807, 2.05) is 53.4 Å². The van der Waals surface area contributed by atoms with E-state index < -0.39 is 0 Å². The standard InChI is InChI=1S/C21H20N2O2/c1-14-11-16-7-3-5-9-18(16)22(21(14)25)13-20(24)23-15(2)12-17-8-4-6-10-19(17)23/h3-11,15H,12-13H2,1-2H3. The molecule has 25 heavy (non-hydrogen) atoms. The maximum absolute atomic E-state index is 13.1. The largest absolute Gasteiger partial charge is 0.307 e. The van der Waals surface area contributed by atoms with Crippen molar-refractivity contribution in [3.05, 3.63) is 76.1 Å². The maximum atomic E-state index is 13.1. The zero-order chi connectivity index (χ0) is 17.6. The molecule has 1 atom stereocenters. The summed E-state index contributed by atoms with van der Waals surface area (Å²) in [6, 6.07) is 17.7. The van der Waals surface area contributed by atoms with E-state index in [1.165, 1.54) is 5.56 Å². The summed E-state index contributed by atoms with van der Waals surface area (Å²) in [5.74, 6) is -0.0460. The van der Waals surface area contributed by atoms with Crippen molar-refractivity contribution >= 4 is 22.5 Å². The van der Waals surface area contributed by atoms with Gasteiger partial charge in [-0.25, -0.2) is 0 Å². The fourth-order valence-corrected chi connectivity index (χ4v) is 3.79. The van der Waals surface area contributed by atoms with Crippen molar-refractivity contribution in [2.45, 2.75) is 32.9 Å². The van der Waals surface area contributed by atoms with E-state index >= 15 is 0 Å². The van der Waals surface area contributed by atoms with Gasteiger partial charge in [0.05, 0.1) is 5.52 Å². The first-order chi connectivity index (χ1) is 12.1. The molecule has 0 fully saturated rings. The number of hydrogen-bond acceptors (Lipinski definition) is 2. The first-order valence-corrected chi connectivity index (χ1v) is 8.55. The summed E-state index contributed by atoms with van der Waals surface area (Å²) in [5, 5.41) is 0.974. The van der Waals surface area contributed by atoms with Crippen LogP contribution in [0.15, 0.2) is 59.4 Å². The van der Waals surface area contributed by atoms with Crippen LogP contribution in [0.5, 0.6) is 0 Å². The maximum Gasteiger partial charge on any atom is 0.254 e. The molecule has 1 unspecified atom stereocenters. The van der Waals surface area contributed by atoms with Crippen LogP contribution in [0.1, 0.15) is 18.1 Å². The Morgan fingerprint density at radius 1 is 1.12 bits per heavy atom. The highest BCUT2D eigenvalue weighted by atomic mass is 16.2. The van der Waals surface area contributed by atoms with Gasteiger partial charge < -0.3 is 4.90 Å². The Morgan fingerprint density at radius 2 is 1.84 bits per heavy atom. The monoisotopic (exact) mass is 332 g/mol. The molecule has 4 heteroatoms. The smallest absolute Gasteiger partial charge is 0.254 e. The summed E-state index contributed by atoms with van der Waals surface area (Å²) < 4.78 is 1.60. The number of fused-ring (bicyclic) bond motifs is 2. The summed E-state index contributed by atoms with van der Waals surface area (Å²) in [5.41, 5.74) is 3.50. The molecule has 4 rings (SSSR count). The quantitative estimate of drug-likeness (QED) is 0.723. The Bertz CT molecular complexity index is 1040. The number of anilines is 1. The van der Waals surface area contributed by atoms with Crippen molar-refractivity contribution in [3.63, 3.8) is 0 Å². The van der Waals surface area contributed by atoms with Crippen LogP contribution in [0.25, 0.3) is 10.9 Å². The molecule has 0 spiro atoms. The molecule has 3 aromatic rings. The van der Waals surface area contributed by atoms with Gasteiger partial charge in [-0.15, -0.1) is 0 Å². The zero-order valence-electron chi connectivity index (χ0n) is 14.4.